The molecule has 0 aliphatic heterocycles. The lowest BCUT2D eigenvalue weighted by Gasteiger charge is -2.21. The third-order valence-corrected chi connectivity index (χ3v) is 6.51. The maximum atomic E-state index is 2.34. The third-order valence-electron chi connectivity index (χ3n) is 3.90. The fraction of sp³-hybridized carbons (Fsp3) is 0.158. The van der Waals surface area contributed by atoms with Crippen LogP contribution in [0.2, 0.25) is 0 Å². The van der Waals surface area contributed by atoms with E-state index in [0.29, 0.717) is 5.92 Å². The molecule has 0 fully saturated rings. The van der Waals surface area contributed by atoms with Crippen molar-refractivity contribution in [1.82, 2.24) is 0 Å². The quantitative estimate of drug-likeness (QED) is 0.720. The molecule has 2 aromatic carbocycles. The summed E-state index contributed by atoms with van der Waals surface area (Å²) in [7, 11) is -0.425. The standard InChI is InChI=1S/C19H19P/c1-15-13-14-19(16(15)2)20(17-9-5-3-6-10-17)18-11-7-4-8-12-18/h3-15H,1-2H3. The van der Waals surface area contributed by atoms with Gasteiger partial charge in [-0.05, 0) is 36.7 Å². The van der Waals surface area contributed by atoms with E-state index in [4.69, 9.17) is 0 Å². The van der Waals surface area contributed by atoms with Crippen molar-refractivity contribution in [1.29, 1.82) is 0 Å². The summed E-state index contributed by atoms with van der Waals surface area (Å²) in [5, 5.41) is 4.38. The second kappa shape index (κ2) is 5.77. The molecule has 0 aromatic heterocycles. The Bertz CT molecular complexity index is 598. The molecule has 0 amide bonds. The molecule has 0 heterocycles. The molecule has 1 heteroatoms. The zero-order valence-electron chi connectivity index (χ0n) is 12.0. The van der Waals surface area contributed by atoms with Crippen LogP contribution in [0.1, 0.15) is 13.8 Å². The summed E-state index contributed by atoms with van der Waals surface area (Å²) in [6.07, 6.45) is 4.66. The SMILES string of the molecule is CC1=C(P(c2ccccc2)c2ccccc2)C=CC1C. The largest absolute Gasteiger partial charge is 0.0769 e. The van der Waals surface area contributed by atoms with Crippen LogP contribution in [0.4, 0.5) is 0 Å². The monoisotopic (exact) mass is 278 g/mol. The highest BCUT2D eigenvalue weighted by molar-refractivity contribution is 7.77. The molecule has 0 nitrogen and oxygen atoms in total. The Kier molecular flexibility index (Phi) is 3.85. The predicted molar refractivity (Wildman–Crippen MR) is 90.1 cm³/mol. The van der Waals surface area contributed by atoms with Crippen LogP contribution < -0.4 is 10.6 Å². The normalized spacial score (nSPS) is 18.1. The van der Waals surface area contributed by atoms with Crippen LogP contribution in [0.5, 0.6) is 0 Å². The minimum Gasteiger partial charge on any atom is -0.0769 e. The molecular weight excluding hydrogens is 259 g/mol. The zero-order valence-corrected chi connectivity index (χ0v) is 12.8. The van der Waals surface area contributed by atoms with E-state index >= 15 is 0 Å². The van der Waals surface area contributed by atoms with E-state index in [1.54, 1.807) is 0 Å². The van der Waals surface area contributed by atoms with Gasteiger partial charge in [-0.1, -0.05) is 85.3 Å². The van der Waals surface area contributed by atoms with Crippen LogP contribution >= 0.6 is 7.92 Å². The Morgan fingerprint density at radius 1 is 0.800 bits per heavy atom. The molecule has 0 saturated heterocycles. The van der Waals surface area contributed by atoms with Gasteiger partial charge in [-0.15, -0.1) is 0 Å². The highest BCUT2D eigenvalue weighted by Gasteiger charge is 2.23. The second-order valence-corrected chi connectivity index (χ2v) is 7.41. The van der Waals surface area contributed by atoms with Crippen LogP contribution in [0.3, 0.4) is 0 Å². The van der Waals surface area contributed by atoms with E-state index in [1.165, 1.54) is 21.5 Å². The molecule has 20 heavy (non-hydrogen) atoms. The Morgan fingerprint density at radius 2 is 1.30 bits per heavy atom. The van der Waals surface area contributed by atoms with Crippen molar-refractivity contribution < 1.29 is 0 Å². The molecule has 0 saturated carbocycles. The molecule has 1 aliphatic rings. The van der Waals surface area contributed by atoms with Gasteiger partial charge in [0.25, 0.3) is 0 Å². The number of hydrogen-bond donors (Lipinski definition) is 0. The lowest BCUT2D eigenvalue weighted by Crippen LogP contribution is -2.12. The highest BCUT2D eigenvalue weighted by atomic mass is 31.1. The van der Waals surface area contributed by atoms with Crippen LogP contribution in [0.25, 0.3) is 0 Å². The molecule has 0 radical (unpaired) electrons. The van der Waals surface area contributed by atoms with Gasteiger partial charge in [0.1, 0.15) is 0 Å². The van der Waals surface area contributed by atoms with Gasteiger partial charge in [0, 0.05) is 0 Å². The topological polar surface area (TPSA) is 0 Å². The Hall–Kier alpha value is -1.65. The summed E-state index contributed by atoms with van der Waals surface area (Å²) >= 11 is 0. The average Bonchev–Trinajstić information content (AvgIpc) is 2.82. The number of allylic oxidation sites excluding steroid dienone is 4. The Morgan fingerprint density at radius 3 is 1.70 bits per heavy atom. The number of hydrogen-bond acceptors (Lipinski definition) is 0. The van der Waals surface area contributed by atoms with Crippen molar-refractivity contribution in [2.24, 2.45) is 5.92 Å². The lowest BCUT2D eigenvalue weighted by molar-refractivity contribution is 0.880. The van der Waals surface area contributed by atoms with Crippen LogP contribution in [0, 0.1) is 5.92 Å². The fourth-order valence-electron chi connectivity index (χ4n) is 2.58. The maximum absolute atomic E-state index is 2.34. The average molecular weight is 278 g/mol. The van der Waals surface area contributed by atoms with Gasteiger partial charge in [0.05, 0.1) is 0 Å². The van der Waals surface area contributed by atoms with Gasteiger partial charge in [0.15, 0.2) is 0 Å². The molecule has 0 spiro atoms. The van der Waals surface area contributed by atoms with E-state index in [1.807, 2.05) is 0 Å². The van der Waals surface area contributed by atoms with Crippen molar-refractivity contribution in [3.05, 3.63) is 83.7 Å². The molecule has 100 valence electrons. The lowest BCUT2D eigenvalue weighted by atomic mass is 10.1. The smallest absolute Gasteiger partial charge is 0.00414 e. The minimum absolute atomic E-state index is 0.425. The Balaban J connectivity index is 2.13. The number of benzene rings is 2. The summed E-state index contributed by atoms with van der Waals surface area (Å²) in [6.45, 7) is 4.56. The third kappa shape index (κ3) is 2.49. The van der Waals surface area contributed by atoms with Gasteiger partial charge >= 0.3 is 0 Å². The molecule has 2 aromatic rings. The van der Waals surface area contributed by atoms with Gasteiger partial charge < -0.3 is 0 Å². The first-order valence-corrected chi connectivity index (χ1v) is 8.41. The van der Waals surface area contributed by atoms with Gasteiger partial charge in [-0.3, -0.25) is 0 Å². The van der Waals surface area contributed by atoms with Crippen molar-refractivity contribution in [3.63, 3.8) is 0 Å². The van der Waals surface area contributed by atoms with E-state index in [9.17, 15) is 0 Å². The van der Waals surface area contributed by atoms with E-state index < -0.39 is 7.92 Å². The fourth-order valence-corrected chi connectivity index (χ4v) is 5.16. The molecule has 1 atom stereocenters. The summed E-state index contributed by atoms with van der Waals surface area (Å²) < 4.78 is 0. The molecule has 1 aliphatic carbocycles. The molecular formula is C19H19P. The first kappa shape index (κ1) is 13.3. The Labute approximate surface area is 122 Å². The van der Waals surface area contributed by atoms with E-state index in [2.05, 4.69) is 86.7 Å². The van der Waals surface area contributed by atoms with Gasteiger partial charge in [-0.25, -0.2) is 0 Å². The summed E-state index contributed by atoms with van der Waals surface area (Å²) in [4.78, 5) is 0. The number of rotatable bonds is 3. The van der Waals surface area contributed by atoms with Crippen LogP contribution in [-0.2, 0) is 0 Å². The molecule has 0 bridgehead atoms. The van der Waals surface area contributed by atoms with Crippen molar-refractivity contribution in [2.45, 2.75) is 13.8 Å². The summed E-state index contributed by atoms with van der Waals surface area (Å²) in [5.74, 6) is 0.572. The summed E-state index contributed by atoms with van der Waals surface area (Å²) in [6, 6.07) is 21.8. The zero-order chi connectivity index (χ0) is 13.9. The summed E-state index contributed by atoms with van der Waals surface area (Å²) in [5.41, 5.74) is 1.52. The van der Waals surface area contributed by atoms with Crippen LogP contribution in [0.15, 0.2) is 83.7 Å². The molecule has 0 N–H and O–H groups in total. The first-order valence-electron chi connectivity index (χ1n) is 7.06. The van der Waals surface area contributed by atoms with Gasteiger partial charge in [-0.2, -0.15) is 0 Å². The van der Waals surface area contributed by atoms with Crippen molar-refractivity contribution in [2.75, 3.05) is 0 Å². The first-order chi connectivity index (χ1) is 9.77. The van der Waals surface area contributed by atoms with Crippen molar-refractivity contribution >= 4 is 18.5 Å². The second-order valence-electron chi connectivity index (χ2n) is 5.22. The predicted octanol–water partition coefficient (Wildman–Crippen LogP) is 4.60. The molecule has 1 unspecified atom stereocenters. The van der Waals surface area contributed by atoms with Crippen LogP contribution in [-0.4, -0.2) is 0 Å². The molecule has 3 rings (SSSR count). The highest BCUT2D eigenvalue weighted by Crippen LogP contribution is 2.48. The van der Waals surface area contributed by atoms with E-state index in [-0.39, 0.29) is 0 Å². The van der Waals surface area contributed by atoms with Crippen molar-refractivity contribution in [3.8, 4) is 0 Å². The van der Waals surface area contributed by atoms with E-state index in [0.717, 1.165) is 0 Å². The maximum Gasteiger partial charge on any atom is -0.00414 e. The minimum atomic E-state index is -0.425. The van der Waals surface area contributed by atoms with Gasteiger partial charge in [0.2, 0.25) is 0 Å².